The van der Waals surface area contributed by atoms with Crippen LogP contribution in [0.1, 0.15) is 11.1 Å². The van der Waals surface area contributed by atoms with Gasteiger partial charge in [0.2, 0.25) is 11.6 Å². The largest absolute Gasteiger partial charge is 0.345 e. The van der Waals surface area contributed by atoms with Gasteiger partial charge in [-0.15, -0.1) is 0 Å². The molecule has 0 aliphatic rings. The summed E-state index contributed by atoms with van der Waals surface area (Å²) in [4.78, 5) is 12.5. The normalized spacial score (nSPS) is 10.4. The molecule has 3 aromatic rings. The first kappa shape index (κ1) is 12.0. The fraction of sp³-hybridized carbons (Fsp3) is 0.154. The van der Waals surface area contributed by atoms with Crippen molar-refractivity contribution in [3.63, 3.8) is 0 Å². The zero-order valence-corrected chi connectivity index (χ0v) is 10.9. The van der Waals surface area contributed by atoms with Gasteiger partial charge in [0.05, 0.1) is 5.56 Å². The van der Waals surface area contributed by atoms with E-state index in [0.29, 0.717) is 28.8 Å². The highest BCUT2D eigenvalue weighted by molar-refractivity contribution is 5.55. The summed E-state index contributed by atoms with van der Waals surface area (Å²) in [5, 5.41) is 12.7. The highest BCUT2D eigenvalue weighted by Crippen LogP contribution is 2.21. The van der Waals surface area contributed by atoms with Gasteiger partial charge in [-0.05, 0) is 18.6 Å². The lowest BCUT2D eigenvalue weighted by molar-refractivity contribution is 0.429. The van der Waals surface area contributed by atoms with Crippen LogP contribution in [0.5, 0.6) is 0 Å². The van der Waals surface area contributed by atoms with E-state index in [2.05, 4.69) is 26.2 Å². The van der Waals surface area contributed by atoms with Gasteiger partial charge in [0.25, 0.3) is 5.89 Å². The van der Waals surface area contributed by atoms with E-state index < -0.39 is 0 Å². The molecule has 0 spiro atoms. The number of hydrogen-bond donors (Lipinski definition) is 0. The highest BCUT2D eigenvalue weighted by Gasteiger charge is 2.15. The SMILES string of the molecule is Cc1cnc(-c2noc(-c3cc(C#N)cn3C)n2)nc1. The molecule has 0 N–H and O–H groups in total. The molecule has 0 saturated carbocycles. The third kappa shape index (κ3) is 2.03. The molecule has 98 valence electrons. The standard InChI is InChI=1S/C13H10N6O/c1-8-5-15-11(16-6-8)12-17-13(20-18-12)10-3-9(4-14)7-19(10)2/h3,5-7H,1-2H3. The highest BCUT2D eigenvalue weighted by atomic mass is 16.5. The molecule has 0 radical (unpaired) electrons. The first-order valence-corrected chi connectivity index (χ1v) is 5.87. The minimum absolute atomic E-state index is 0.319. The quantitative estimate of drug-likeness (QED) is 0.701. The van der Waals surface area contributed by atoms with E-state index in [0.717, 1.165) is 5.56 Å². The van der Waals surface area contributed by atoms with Crippen LogP contribution >= 0.6 is 0 Å². The molecule has 3 rings (SSSR count). The number of hydrogen-bond acceptors (Lipinski definition) is 6. The second-order valence-corrected chi connectivity index (χ2v) is 4.34. The molecule has 0 fully saturated rings. The molecule has 0 bridgehead atoms. The molecule has 0 unspecified atom stereocenters. The Labute approximate surface area is 114 Å². The minimum atomic E-state index is 0.319. The number of aryl methyl sites for hydroxylation is 2. The van der Waals surface area contributed by atoms with Crippen LogP contribution in [0.25, 0.3) is 23.2 Å². The third-order valence-electron chi connectivity index (χ3n) is 2.76. The monoisotopic (exact) mass is 266 g/mol. The Hall–Kier alpha value is -3.01. The summed E-state index contributed by atoms with van der Waals surface area (Å²) in [6, 6.07) is 3.76. The van der Waals surface area contributed by atoms with Crippen molar-refractivity contribution >= 4 is 0 Å². The summed E-state index contributed by atoms with van der Waals surface area (Å²) in [6.07, 6.45) is 5.07. The van der Waals surface area contributed by atoms with E-state index >= 15 is 0 Å². The van der Waals surface area contributed by atoms with E-state index in [1.165, 1.54) is 0 Å². The summed E-state index contributed by atoms with van der Waals surface area (Å²) < 4.78 is 6.96. The van der Waals surface area contributed by atoms with Crippen LogP contribution in [-0.4, -0.2) is 24.7 Å². The lowest BCUT2D eigenvalue weighted by Crippen LogP contribution is -1.92. The van der Waals surface area contributed by atoms with Crippen molar-refractivity contribution in [3.8, 4) is 29.3 Å². The van der Waals surface area contributed by atoms with Crippen molar-refractivity contribution in [1.82, 2.24) is 24.7 Å². The smallest absolute Gasteiger partial charge is 0.274 e. The average molecular weight is 266 g/mol. The zero-order chi connectivity index (χ0) is 14.1. The Balaban J connectivity index is 1.99. The fourth-order valence-corrected chi connectivity index (χ4v) is 1.76. The Bertz CT molecular complexity index is 793. The number of rotatable bonds is 2. The molecule has 0 amide bonds. The van der Waals surface area contributed by atoms with Crippen LogP contribution in [0, 0.1) is 18.3 Å². The van der Waals surface area contributed by atoms with Gasteiger partial charge < -0.3 is 9.09 Å². The lowest BCUT2D eigenvalue weighted by Gasteiger charge is -1.94. The van der Waals surface area contributed by atoms with Crippen LogP contribution in [-0.2, 0) is 7.05 Å². The van der Waals surface area contributed by atoms with Gasteiger partial charge >= 0.3 is 0 Å². The summed E-state index contributed by atoms with van der Waals surface area (Å²) in [7, 11) is 1.81. The second kappa shape index (κ2) is 4.59. The molecule has 0 atom stereocenters. The summed E-state index contributed by atoms with van der Waals surface area (Å²) >= 11 is 0. The molecule has 0 aliphatic carbocycles. The van der Waals surface area contributed by atoms with Gasteiger partial charge in [-0.2, -0.15) is 10.2 Å². The molecule has 7 nitrogen and oxygen atoms in total. The average Bonchev–Trinajstić information content (AvgIpc) is 3.06. The Morgan fingerprint density at radius 2 is 2.00 bits per heavy atom. The first-order chi connectivity index (χ1) is 9.67. The van der Waals surface area contributed by atoms with Crippen LogP contribution in [0.3, 0.4) is 0 Å². The van der Waals surface area contributed by atoms with Gasteiger partial charge in [-0.1, -0.05) is 5.16 Å². The van der Waals surface area contributed by atoms with E-state index in [1.54, 1.807) is 29.2 Å². The Morgan fingerprint density at radius 1 is 1.25 bits per heavy atom. The minimum Gasteiger partial charge on any atom is -0.345 e. The molecule has 3 heterocycles. The zero-order valence-electron chi connectivity index (χ0n) is 10.9. The Morgan fingerprint density at radius 3 is 2.65 bits per heavy atom. The van der Waals surface area contributed by atoms with E-state index in [-0.39, 0.29) is 0 Å². The topological polar surface area (TPSA) is 93.4 Å². The van der Waals surface area contributed by atoms with Crippen molar-refractivity contribution in [1.29, 1.82) is 5.26 Å². The fourth-order valence-electron chi connectivity index (χ4n) is 1.76. The van der Waals surface area contributed by atoms with Crippen LogP contribution in [0.4, 0.5) is 0 Å². The molecule has 20 heavy (non-hydrogen) atoms. The van der Waals surface area contributed by atoms with Gasteiger partial charge in [0.15, 0.2) is 0 Å². The van der Waals surface area contributed by atoms with Gasteiger partial charge in [0, 0.05) is 25.6 Å². The van der Waals surface area contributed by atoms with Crippen molar-refractivity contribution in [3.05, 3.63) is 35.8 Å². The number of aromatic nitrogens is 5. The van der Waals surface area contributed by atoms with Crippen LogP contribution in [0.2, 0.25) is 0 Å². The van der Waals surface area contributed by atoms with Gasteiger partial charge in [-0.25, -0.2) is 9.97 Å². The van der Waals surface area contributed by atoms with E-state index in [9.17, 15) is 0 Å². The third-order valence-corrected chi connectivity index (χ3v) is 2.76. The molecule has 0 aromatic carbocycles. The van der Waals surface area contributed by atoms with Crippen molar-refractivity contribution < 1.29 is 4.52 Å². The maximum absolute atomic E-state index is 8.88. The van der Waals surface area contributed by atoms with Crippen molar-refractivity contribution in [2.75, 3.05) is 0 Å². The summed E-state index contributed by atoms with van der Waals surface area (Å²) in [5.74, 6) is 1.05. The Kier molecular flexibility index (Phi) is 2.76. The molecule has 7 heteroatoms. The first-order valence-electron chi connectivity index (χ1n) is 5.87. The van der Waals surface area contributed by atoms with E-state index in [1.807, 2.05) is 14.0 Å². The van der Waals surface area contributed by atoms with E-state index in [4.69, 9.17) is 9.78 Å². The molecule has 0 saturated heterocycles. The van der Waals surface area contributed by atoms with Crippen LogP contribution in [0.15, 0.2) is 29.2 Å². The molecule has 0 aliphatic heterocycles. The predicted octanol–water partition coefficient (Wildman–Crippen LogP) is 1.71. The molecular formula is C13H10N6O. The lowest BCUT2D eigenvalue weighted by atomic mass is 10.3. The van der Waals surface area contributed by atoms with Crippen molar-refractivity contribution in [2.45, 2.75) is 6.92 Å². The molecule has 3 aromatic heterocycles. The maximum atomic E-state index is 8.88. The summed E-state index contributed by atoms with van der Waals surface area (Å²) in [5.41, 5.74) is 2.17. The van der Waals surface area contributed by atoms with Gasteiger partial charge in [-0.3, -0.25) is 0 Å². The van der Waals surface area contributed by atoms with Gasteiger partial charge in [0.1, 0.15) is 11.8 Å². The van der Waals surface area contributed by atoms with Crippen LogP contribution < -0.4 is 0 Å². The second-order valence-electron chi connectivity index (χ2n) is 4.34. The molecular weight excluding hydrogens is 256 g/mol. The maximum Gasteiger partial charge on any atom is 0.274 e. The van der Waals surface area contributed by atoms with Crippen molar-refractivity contribution in [2.24, 2.45) is 7.05 Å². The number of nitriles is 1. The predicted molar refractivity (Wildman–Crippen MR) is 69.2 cm³/mol. The summed E-state index contributed by atoms with van der Waals surface area (Å²) in [6.45, 7) is 1.90. The number of nitrogens with zero attached hydrogens (tertiary/aromatic N) is 6.